The molecule has 0 heterocycles. The number of thioether (sulfide) groups is 1. The standard InChI is InChI=1S/C21H24N2O5S/c1-14(2)28-21(26)15-8-10-16(11-9-15)22-19(24)12-29-13-20(25)23-17-6-4-5-7-18(17)27-3/h4-11,14H,12-13H2,1-3H3,(H,22,24)(H,23,25). The summed E-state index contributed by atoms with van der Waals surface area (Å²) >= 11 is 1.20. The maximum atomic E-state index is 12.0. The molecule has 2 rings (SSSR count). The second-order valence-electron chi connectivity index (χ2n) is 6.32. The molecule has 2 N–H and O–H groups in total. The topological polar surface area (TPSA) is 93.7 Å². The molecule has 2 aromatic rings. The molecule has 7 nitrogen and oxygen atoms in total. The number of anilines is 2. The number of rotatable bonds is 9. The van der Waals surface area contributed by atoms with Crippen LogP contribution in [0.25, 0.3) is 0 Å². The summed E-state index contributed by atoms with van der Waals surface area (Å²) in [6.07, 6.45) is -0.195. The monoisotopic (exact) mass is 416 g/mol. The number of ether oxygens (including phenoxy) is 2. The van der Waals surface area contributed by atoms with Crippen LogP contribution in [-0.2, 0) is 14.3 Å². The molecule has 0 aliphatic rings. The molecule has 0 unspecified atom stereocenters. The van der Waals surface area contributed by atoms with Crippen LogP contribution in [0, 0.1) is 0 Å². The third-order valence-corrected chi connectivity index (χ3v) is 4.53. The zero-order valence-corrected chi connectivity index (χ0v) is 17.4. The summed E-state index contributed by atoms with van der Waals surface area (Å²) in [5, 5.41) is 5.48. The van der Waals surface area contributed by atoms with Crippen molar-refractivity contribution in [3.8, 4) is 5.75 Å². The first-order valence-electron chi connectivity index (χ1n) is 9.00. The Morgan fingerprint density at radius 1 is 0.931 bits per heavy atom. The Kier molecular flexibility index (Phi) is 8.54. The smallest absolute Gasteiger partial charge is 0.338 e. The highest BCUT2D eigenvalue weighted by Gasteiger charge is 2.11. The fraction of sp³-hybridized carbons (Fsp3) is 0.286. The van der Waals surface area contributed by atoms with Gasteiger partial charge in [-0.2, -0.15) is 0 Å². The summed E-state index contributed by atoms with van der Waals surface area (Å²) in [6, 6.07) is 13.6. The predicted molar refractivity (Wildman–Crippen MR) is 115 cm³/mol. The van der Waals surface area contributed by atoms with Gasteiger partial charge in [0.25, 0.3) is 0 Å². The summed E-state index contributed by atoms with van der Waals surface area (Å²) in [5.74, 6) is -0.0428. The molecule has 0 aromatic heterocycles. The number of carbonyl (C=O) groups is 3. The van der Waals surface area contributed by atoms with Crippen LogP contribution in [0.2, 0.25) is 0 Å². The van der Waals surface area contributed by atoms with E-state index in [1.54, 1.807) is 56.3 Å². The van der Waals surface area contributed by atoms with E-state index in [1.165, 1.54) is 18.9 Å². The number of methoxy groups -OCH3 is 1. The van der Waals surface area contributed by atoms with Crippen LogP contribution < -0.4 is 15.4 Å². The molecule has 0 aliphatic heterocycles. The minimum Gasteiger partial charge on any atom is -0.495 e. The van der Waals surface area contributed by atoms with Crippen molar-refractivity contribution in [3.05, 3.63) is 54.1 Å². The van der Waals surface area contributed by atoms with E-state index in [2.05, 4.69) is 10.6 Å². The number of benzene rings is 2. The molecule has 0 fully saturated rings. The molecule has 0 radical (unpaired) electrons. The molecule has 0 atom stereocenters. The van der Waals surface area contributed by atoms with E-state index in [1.807, 2.05) is 6.07 Å². The number of nitrogens with one attached hydrogen (secondary N) is 2. The first-order valence-corrected chi connectivity index (χ1v) is 10.2. The molecule has 0 bridgehead atoms. The molecule has 29 heavy (non-hydrogen) atoms. The molecular weight excluding hydrogens is 392 g/mol. The van der Waals surface area contributed by atoms with Crippen LogP contribution in [0.5, 0.6) is 5.75 Å². The summed E-state index contributed by atoms with van der Waals surface area (Å²) in [7, 11) is 1.53. The highest BCUT2D eigenvalue weighted by molar-refractivity contribution is 8.00. The SMILES string of the molecule is COc1ccccc1NC(=O)CSCC(=O)Nc1ccc(C(=O)OC(C)C)cc1. The Morgan fingerprint density at radius 3 is 2.17 bits per heavy atom. The Morgan fingerprint density at radius 2 is 1.55 bits per heavy atom. The van der Waals surface area contributed by atoms with E-state index in [0.717, 1.165) is 0 Å². The average Bonchev–Trinajstić information content (AvgIpc) is 2.68. The molecule has 154 valence electrons. The molecule has 8 heteroatoms. The number of carbonyl (C=O) groups excluding carboxylic acids is 3. The van der Waals surface area contributed by atoms with Gasteiger partial charge < -0.3 is 20.1 Å². The van der Waals surface area contributed by atoms with E-state index in [9.17, 15) is 14.4 Å². The minimum atomic E-state index is -0.408. The number of hydrogen-bond donors (Lipinski definition) is 2. The molecular formula is C21H24N2O5S. The number of esters is 1. The Bertz CT molecular complexity index is 852. The van der Waals surface area contributed by atoms with E-state index in [-0.39, 0.29) is 29.4 Å². The van der Waals surface area contributed by atoms with E-state index in [0.29, 0.717) is 22.7 Å². The maximum absolute atomic E-state index is 12.0. The Hall–Kier alpha value is -3.00. The van der Waals surface area contributed by atoms with Gasteiger partial charge in [0.15, 0.2) is 0 Å². The first kappa shape index (κ1) is 22.3. The van der Waals surface area contributed by atoms with Gasteiger partial charge in [-0.05, 0) is 50.2 Å². The lowest BCUT2D eigenvalue weighted by molar-refractivity contribution is -0.114. The summed E-state index contributed by atoms with van der Waals surface area (Å²) in [5.41, 5.74) is 1.57. The minimum absolute atomic E-state index is 0.122. The fourth-order valence-corrected chi connectivity index (χ4v) is 2.96. The third-order valence-electron chi connectivity index (χ3n) is 3.59. The van der Waals surface area contributed by atoms with Crippen LogP contribution in [0.15, 0.2) is 48.5 Å². The van der Waals surface area contributed by atoms with Crippen LogP contribution in [0.4, 0.5) is 11.4 Å². The van der Waals surface area contributed by atoms with Gasteiger partial charge in [0, 0.05) is 5.69 Å². The van der Waals surface area contributed by atoms with Crippen molar-refractivity contribution < 1.29 is 23.9 Å². The Labute approximate surface area is 174 Å². The Balaban J connectivity index is 1.75. The van der Waals surface area contributed by atoms with Crippen molar-refractivity contribution >= 4 is 40.9 Å². The highest BCUT2D eigenvalue weighted by atomic mass is 32.2. The van der Waals surface area contributed by atoms with Crippen LogP contribution in [-0.4, -0.2) is 42.5 Å². The molecule has 0 spiro atoms. The zero-order chi connectivity index (χ0) is 21.2. The van der Waals surface area contributed by atoms with E-state index >= 15 is 0 Å². The second-order valence-corrected chi connectivity index (χ2v) is 7.31. The van der Waals surface area contributed by atoms with E-state index in [4.69, 9.17) is 9.47 Å². The second kappa shape index (κ2) is 11.1. The molecule has 0 saturated carbocycles. The van der Waals surface area contributed by atoms with Crippen LogP contribution in [0.3, 0.4) is 0 Å². The quantitative estimate of drug-likeness (QED) is 0.607. The van der Waals surface area contributed by atoms with E-state index < -0.39 is 5.97 Å². The van der Waals surface area contributed by atoms with Gasteiger partial charge in [-0.3, -0.25) is 9.59 Å². The lowest BCUT2D eigenvalue weighted by Crippen LogP contribution is -2.18. The van der Waals surface area contributed by atoms with Gasteiger partial charge in [0.05, 0.1) is 36.0 Å². The highest BCUT2D eigenvalue weighted by Crippen LogP contribution is 2.23. The maximum Gasteiger partial charge on any atom is 0.338 e. The van der Waals surface area contributed by atoms with Crippen molar-refractivity contribution in [3.63, 3.8) is 0 Å². The number of para-hydroxylation sites is 2. The van der Waals surface area contributed by atoms with Gasteiger partial charge in [0.1, 0.15) is 5.75 Å². The molecule has 2 aromatic carbocycles. The molecule has 0 saturated heterocycles. The van der Waals surface area contributed by atoms with Gasteiger partial charge in [-0.15, -0.1) is 11.8 Å². The fourth-order valence-electron chi connectivity index (χ4n) is 2.34. The van der Waals surface area contributed by atoms with Crippen molar-refractivity contribution in [2.75, 3.05) is 29.2 Å². The average molecular weight is 416 g/mol. The van der Waals surface area contributed by atoms with Gasteiger partial charge >= 0.3 is 5.97 Å². The van der Waals surface area contributed by atoms with Crippen molar-refractivity contribution in [2.24, 2.45) is 0 Å². The van der Waals surface area contributed by atoms with Crippen molar-refractivity contribution in [1.29, 1.82) is 0 Å². The van der Waals surface area contributed by atoms with Gasteiger partial charge in [0.2, 0.25) is 11.8 Å². The number of hydrogen-bond acceptors (Lipinski definition) is 6. The van der Waals surface area contributed by atoms with Crippen molar-refractivity contribution in [2.45, 2.75) is 20.0 Å². The summed E-state index contributed by atoms with van der Waals surface area (Å²) < 4.78 is 10.3. The number of amides is 2. The lowest BCUT2D eigenvalue weighted by atomic mass is 10.2. The first-order chi connectivity index (χ1) is 13.9. The van der Waals surface area contributed by atoms with Gasteiger partial charge in [-0.1, -0.05) is 12.1 Å². The molecule has 2 amide bonds. The zero-order valence-electron chi connectivity index (χ0n) is 16.6. The normalized spacial score (nSPS) is 10.3. The van der Waals surface area contributed by atoms with Crippen LogP contribution in [0.1, 0.15) is 24.2 Å². The largest absolute Gasteiger partial charge is 0.495 e. The van der Waals surface area contributed by atoms with Crippen molar-refractivity contribution in [1.82, 2.24) is 0 Å². The lowest BCUT2D eigenvalue weighted by Gasteiger charge is -2.10. The molecule has 0 aliphatic carbocycles. The van der Waals surface area contributed by atoms with Crippen LogP contribution >= 0.6 is 11.8 Å². The predicted octanol–water partition coefficient (Wildman–Crippen LogP) is 3.57. The third kappa shape index (κ3) is 7.50. The summed E-state index contributed by atoms with van der Waals surface area (Å²) in [6.45, 7) is 3.56. The van der Waals surface area contributed by atoms with Gasteiger partial charge in [-0.25, -0.2) is 4.79 Å². The summed E-state index contributed by atoms with van der Waals surface area (Å²) in [4.78, 5) is 35.9.